The van der Waals surface area contributed by atoms with Crippen molar-refractivity contribution < 1.29 is 4.79 Å². The molecule has 2 heterocycles. The van der Waals surface area contributed by atoms with Gasteiger partial charge in [0.15, 0.2) is 0 Å². The summed E-state index contributed by atoms with van der Waals surface area (Å²) in [5.74, 6) is 0. The second-order valence-electron chi connectivity index (χ2n) is 4.31. The number of piperazine rings is 1. The van der Waals surface area contributed by atoms with E-state index in [1.165, 1.54) is 0 Å². The van der Waals surface area contributed by atoms with Crippen molar-refractivity contribution in [3.63, 3.8) is 0 Å². The van der Waals surface area contributed by atoms with Crippen LogP contribution in [-0.2, 0) is 6.54 Å². The molecular weight excluding hydrogens is 252 g/mol. The van der Waals surface area contributed by atoms with E-state index in [-0.39, 0.29) is 6.03 Å². The third kappa shape index (κ3) is 3.34. The number of halogens is 1. The molecule has 0 aliphatic carbocycles. The van der Waals surface area contributed by atoms with Crippen LogP contribution in [0.4, 0.5) is 4.79 Å². The highest BCUT2D eigenvalue weighted by Gasteiger charge is 2.19. The number of nitrogens with zero attached hydrogens (tertiary/aromatic N) is 3. The molecule has 0 aromatic carbocycles. The van der Waals surface area contributed by atoms with Crippen molar-refractivity contribution in [3.8, 4) is 0 Å². The predicted octanol–water partition coefficient (Wildman–Crippen LogP) is 1.19. The lowest BCUT2D eigenvalue weighted by molar-refractivity contribution is 0.136. The summed E-state index contributed by atoms with van der Waals surface area (Å²) in [6, 6.07) is 3.85. The van der Waals surface area contributed by atoms with E-state index in [2.05, 4.69) is 15.2 Å². The van der Waals surface area contributed by atoms with Gasteiger partial charge in [0, 0.05) is 46.0 Å². The van der Waals surface area contributed by atoms with Gasteiger partial charge in [-0.15, -0.1) is 0 Å². The highest BCUT2D eigenvalue weighted by atomic mass is 35.5. The number of aromatic nitrogens is 1. The zero-order valence-electron chi connectivity index (χ0n) is 10.4. The molecular formula is C12H17ClN4O. The molecule has 1 saturated heterocycles. The minimum absolute atomic E-state index is 0.00149. The summed E-state index contributed by atoms with van der Waals surface area (Å²) >= 11 is 5.86. The van der Waals surface area contributed by atoms with E-state index >= 15 is 0 Å². The summed E-state index contributed by atoms with van der Waals surface area (Å²) in [6.45, 7) is 4.14. The fourth-order valence-corrected chi connectivity index (χ4v) is 2.26. The zero-order valence-corrected chi connectivity index (χ0v) is 11.2. The molecule has 0 bridgehead atoms. The molecule has 6 heteroatoms. The minimum Gasteiger partial charge on any atom is -0.341 e. The standard InChI is InChI=1S/C12H17ClN4O/c1-14-12(18)17-6-4-16(5-7-17)9-10-2-3-15-11(13)8-10/h2-3,8H,4-7,9H2,1H3,(H,14,18). The van der Waals surface area contributed by atoms with Crippen molar-refractivity contribution in [1.29, 1.82) is 0 Å². The maximum absolute atomic E-state index is 11.4. The normalized spacial score (nSPS) is 16.7. The summed E-state index contributed by atoms with van der Waals surface area (Å²) in [6.07, 6.45) is 1.72. The van der Waals surface area contributed by atoms with Gasteiger partial charge < -0.3 is 10.2 Å². The van der Waals surface area contributed by atoms with Crippen LogP contribution in [0.15, 0.2) is 18.3 Å². The van der Waals surface area contributed by atoms with Crippen molar-refractivity contribution in [3.05, 3.63) is 29.0 Å². The quantitative estimate of drug-likeness (QED) is 0.820. The lowest BCUT2D eigenvalue weighted by Crippen LogP contribution is -2.50. The number of urea groups is 1. The summed E-state index contributed by atoms with van der Waals surface area (Å²) in [4.78, 5) is 19.6. The Bertz CT molecular complexity index is 418. The molecule has 2 rings (SSSR count). The number of hydrogen-bond donors (Lipinski definition) is 1. The molecule has 2 amide bonds. The number of carbonyl (C=O) groups is 1. The van der Waals surface area contributed by atoms with Crippen molar-refractivity contribution in [2.24, 2.45) is 0 Å². The Morgan fingerprint density at radius 2 is 2.17 bits per heavy atom. The van der Waals surface area contributed by atoms with E-state index in [0.29, 0.717) is 5.15 Å². The van der Waals surface area contributed by atoms with Crippen molar-refractivity contribution in [2.75, 3.05) is 33.2 Å². The van der Waals surface area contributed by atoms with Gasteiger partial charge >= 0.3 is 6.03 Å². The fraction of sp³-hybridized carbons (Fsp3) is 0.500. The molecule has 0 saturated carbocycles. The van der Waals surface area contributed by atoms with E-state index in [1.54, 1.807) is 13.2 Å². The molecule has 0 spiro atoms. The van der Waals surface area contributed by atoms with Gasteiger partial charge in [0.1, 0.15) is 5.15 Å². The highest BCUT2D eigenvalue weighted by molar-refractivity contribution is 6.29. The molecule has 5 nitrogen and oxygen atoms in total. The molecule has 98 valence electrons. The third-order valence-electron chi connectivity index (χ3n) is 3.07. The average Bonchev–Trinajstić information content (AvgIpc) is 2.39. The Labute approximate surface area is 112 Å². The van der Waals surface area contributed by atoms with E-state index in [0.717, 1.165) is 38.3 Å². The lowest BCUT2D eigenvalue weighted by Gasteiger charge is -2.34. The van der Waals surface area contributed by atoms with Gasteiger partial charge in [-0.1, -0.05) is 11.6 Å². The van der Waals surface area contributed by atoms with Gasteiger partial charge in [0.25, 0.3) is 0 Å². The van der Waals surface area contributed by atoms with E-state index in [1.807, 2.05) is 17.0 Å². The maximum Gasteiger partial charge on any atom is 0.317 e. The largest absolute Gasteiger partial charge is 0.341 e. The molecule has 0 radical (unpaired) electrons. The van der Waals surface area contributed by atoms with Crippen LogP contribution in [0.3, 0.4) is 0 Å². The molecule has 1 N–H and O–H groups in total. The monoisotopic (exact) mass is 268 g/mol. The first kappa shape index (κ1) is 13.1. The van der Waals surface area contributed by atoms with Crippen LogP contribution in [-0.4, -0.2) is 54.0 Å². The van der Waals surface area contributed by atoms with Gasteiger partial charge in [0.2, 0.25) is 0 Å². The number of carbonyl (C=O) groups excluding carboxylic acids is 1. The van der Waals surface area contributed by atoms with Gasteiger partial charge in [-0.25, -0.2) is 9.78 Å². The van der Waals surface area contributed by atoms with Crippen LogP contribution in [0.25, 0.3) is 0 Å². The summed E-state index contributed by atoms with van der Waals surface area (Å²) in [5.41, 5.74) is 1.16. The van der Waals surface area contributed by atoms with Crippen molar-refractivity contribution in [2.45, 2.75) is 6.54 Å². The number of rotatable bonds is 2. The van der Waals surface area contributed by atoms with Crippen molar-refractivity contribution in [1.82, 2.24) is 20.1 Å². The van der Waals surface area contributed by atoms with Crippen LogP contribution in [0.5, 0.6) is 0 Å². The van der Waals surface area contributed by atoms with Crippen LogP contribution >= 0.6 is 11.6 Å². The topological polar surface area (TPSA) is 48.5 Å². The summed E-state index contributed by atoms with van der Waals surface area (Å²) in [7, 11) is 1.66. The predicted molar refractivity (Wildman–Crippen MR) is 70.6 cm³/mol. The Morgan fingerprint density at radius 3 is 2.78 bits per heavy atom. The summed E-state index contributed by atoms with van der Waals surface area (Å²) < 4.78 is 0. The lowest BCUT2D eigenvalue weighted by atomic mass is 10.2. The fourth-order valence-electron chi connectivity index (χ4n) is 2.07. The smallest absolute Gasteiger partial charge is 0.317 e. The molecule has 0 atom stereocenters. The number of pyridine rings is 1. The zero-order chi connectivity index (χ0) is 13.0. The van der Waals surface area contributed by atoms with E-state index < -0.39 is 0 Å². The second kappa shape index (κ2) is 6.02. The number of nitrogens with one attached hydrogen (secondary N) is 1. The van der Waals surface area contributed by atoms with Gasteiger partial charge in [-0.05, 0) is 17.7 Å². The Morgan fingerprint density at radius 1 is 1.44 bits per heavy atom. The van der Waals surface area contributed by atoms with Crippen LogP contribution in [0, 0.1) is 0 Å². The van der Waals surface area contributed by atoms with Crippen LogP contribution < -0.4 is 5.32 Å². The Kier molecular flexibility index (Phi) is 4.38. The van der Waals surface area contributed by atoms with Crippen LogP contribution in [0.1, 0.15) is 5.56 Å². The first-order valence-electron chi connectivity index (χ1n) is 5.98. The second-order valence-corrected chi connectivity index (χ2v) is 4.69. The van der Waals surface area contributed by atoms with Crippen LogP contribution in [0.2, 0.25) is 5.15 Å². The minimum atomic E-state index is 0.00149. The molecule has 1 aromatic heterocycles. The summed E-state index contributed by atoms with van der Waals surface area (Å²) in [5, 5.41) is 3.17. The first-order valence-corrected chi connectivity index (χ1v) is 6.36. The first-order chi connectivity index (χ1) is 8.69. The Balaban J connectivity index is 1.85. The van der Waals surface area contributed by atoms with E-state index in [9.17, 15) is 4.79 Å². The SMILES string of the molecule is CNC(=O)N1CCN(Cc2ccnc(Cl)c2)CC1. The molecule has 1 aliphatic heterocycles. The average molecular weight is 269 g/mol. The van der Waals surface area contributed by atoms with Crippen molar-refractivity contribution >= 4 is 17.6 Å². The number of hydrogen-bond acceptors (Lipinski definition) is 3. The maximum atomic E-state index is 11.4. The van der Waals surface area contributed by atoms with Gasteiger partial charge in [-0.3, -0.25) is 4.90 Å². The molecule has 1 aromatic rings. The van der Waals surface area contributed by atoms with Gasteiger partial charge in [0.05, 0.1) is 0 Å². The van der Waals surface area contributed by atoms with Gasteiger partial charge in [-0.2, -0.15) is 0 Å². The molecule has 1 fully saturated rings. The molecule has 18 heavy (non-hydrogen) atoms. The Hall–Kier alpha value is -1.33. The highest BCUT2D eigenvalue weighted by Crippen LogP contribution is 2.11. The third-order valence-corrected chi connectivity index (χ3v) is 3.28. The molecule has 0 unspecified atom stereocenters. The number of amides is 2. The van der Waals surface area contributed by atoms with E-state index in [4.69, 9.17) is 11.6 Å². The molecule has 1 aliphatic rings.